The van der Waals surface area contributed by atoms with Gasteiger partial charge in [0.2, 0.25) is 5.91 Å². The average molecular weight is 187 g/mol. The predicted molar refractivity (Wildman–Crippen MR) is 53.4 cm³/mol. The Bertz CT molecular complexity index is 148. The molecule has 0 aliphatic heterocycles. The van der Waals surface area contributed by atoms with E-state index in [-0.39, 0.29) is 11.8 Å². The lowest BCUT2D eigenvalue weighted by atomic mass is 10.1. The molecule has 0 heterocycles. The second kappa shape index (κ2) is 6.89. The van der Waals surface area contributed by atoms with Crippen molar-refractivity contribution in [2.45, 2.75) is 46.1 Å². The molecule has 2 N–H and O–H groups in total. The molecule has 13 heavy (non-hydrogen) atoms. The highest BCUT2D eigenvalue weighted by molar-refractivity contribution is 5.78. The van der Waals surface area contributed by atoms with Gasteiger partial charge in [0.1, 0.15) is 0 Å². The van der Waals surface area contributed by atoms with Crippen molar-refractivity contribution >= 4 is 5.91 Å². The highest BCUT2D eigenvalue weighted by atomic mass is 16.3. The lowest BCUT2D eigenvalue weighted by Crippen LogP contribution is -2.35. The second-order valence-electron chi connectivity index (χ2n) is 3.50. The standard InChI is InChI=1S/C10H21NO2/c1-4-6-8(3)10(13)11-7-9(12)5-2/h8-9,12H,4-7H2,1-3H3,(H,11,13). The largest absolute Gasteiger partial charge is 0.391 e. The van der Waals surface area contributed by atoms with Crippen LogP contribution in [0.3, 0.4) is 0 Å². The third-order valence-corrected chi connectivity index (χ3v) is 2.15. The van der Waals surface area contributed by atoms with Crippen molar-refractivity contribution in [2.24, 2.45) is 5.92 Å². The third kappa shape index (κ3) is 5.64. The second-order valence-corrected chi connectivity index (χ2v) is 3.50. The number of aliphatic hydroxyl groups excluding tert-OH is 1. The summed E-state index contributed by atoms with van der Waals surface area (Å²) in [6.07, 6.45) is 2.21. The van der Waals surface area contributed by atoms with Crippen molar-refractivity contribution in [3.05, 3.63) is 0 Å². The van der Waals surface area contributed by atoms with Gasteiger partial charge in [-0.1, -0.05) is 27.2 Å². The van der Waals surface area contributed by atoms with Crippen LogP contribution >= 0.6 is 0 Å². The molecule has 0 saturated heterocycles. The number of amides is 1. The number of carbonyl (C=O) groups is 1. The number of aliphatic hydroxyl groups is 1. The first-order valence-electron chi connectivity index (χ1n) is 5.07. The smallest absolute Gasteiger partial charge is 0.222 e. The number of hydrogen-bond donors (Lipinski definition) is 2. The Morgan fingerprint density at radius 2 is 2.08 bits per heavy atom. The van der Waals surface area contributed by atoms with Crippen LogP contribution in [0.15, 0.2) is 0 Å². The molecule has 0 spiro atoms. The summed E-state index contributed by atoms with van der Waals surface area (Å²) in [6, 6.07) is 0. The fourth-order valence-corrected chi connectivity index (χ4v) is 1.10. The highest BCUT2D eigenvalue weighted by Crippen LogP contribution is 2.04. The normalized spacial score (nSPS) is 15.1. The molecule has 0 saturated carbocycles. The first kappa shape index (κ1) is 12.4. The first-order chi connectivity index (χ1) is 6.11. The van der Waals surface area contributed by atoms with E-state index < -0.39 is 6.10 Å². The van der Waals surface area contributed by atoms with Crippen LogP contribution in [0.1, 0.15) is 40.0 Å². The Balaban J connectivity index is 3.61. The lowest BCUT2D eigenvalue weighted by Gasteiger charge is -2.13. The highest BCUT2D eigenvalue weighted by Gasteiger charge is 2.11. The molecule has 0 rings (SSSR count). The fraction of sp³-hybridized carbons (Fsp3) is 0.900. The molecule has 2 atom stereocenters. The molecule has 0 aliphatic carbocycles. The van der Waals surface area contributed by atoms with E-state index in [1.165, 1.54) is 0 Å². The van der Waals surface area contributed by atoms with E-state index in [2.05, 4.69) is 12.2 Å². The monoisotopic (exact) mass is 187 g/mol. The fourth-order valence-electron chi connectivity index (χ4n) is 1.10. The molecule has 78 valence electrons. The quantitative estimate of drug-likeness (QED) is 0.658. The zero-order chi connectivity index (χ0) is 10.3. The summed E-state index contributed by atoms with van der Waals surface area (Å²) in [7, 11) is 0. The molecule has 0 radical (unpaired) electrons. The van der Waals surface area contributed by atoms with Gasteiger partial charge in [-0.05, 0) is 12.8 Å². The molecule has 3 nitrogen and oxygen atoms in total. The summed E-state index contributed by atoms with van der Waals surface area (Å²) in [4.78, 5) is 11.3. The molecular formula is C10H21NO2. The Kier molecular flexibility index (Phi) is 6.59. The van der Waals surface area contributed by atoms with Crippen molar-refractivity contribution in [1.29, 1.82) is 0 Å². The van der Waals surface area contributed by atoms with Gasteiger partial charge in [0, 0.05) is 12.5 Å². The number of carbonyl (C=O) groups excluding carboxylic acids is 1. The summed E-state index contributed by atoms with van der Waals surface area (Å²) in [5, 5.41) is 11.9. The predicted octanol–water partition coefficient (Wildman–Crippen LogP) is 1.31. The van der Waals surface area contributed by atoms with Gasteiger partial charge in [-0.2, -0.15) is 0 Å². The van der Waals surface area contributed by atoms with Crippen LogP contribution < -0.4 is 5.32 Å². The molecule has 0 aromatic carbocycles. The van der Waals surface area contributed by atoms with Crippen LogP contribution in [0.25, 0.3) is 0 Å². The van der Waals surface area contributed by atoms with Gasteiger partial charge in [-0.25, -0.2) is 0 Å². The zero-order valence-electron chi connectivity index (χ0n) is 8.84. The maximum atomic E-state index is 11.3. The van der Waals surface area contributed by atoms with E-state index in [1.54, 1.807) is 0 Å². The van der Waals surface area contributed by atoms with Gasteiger partial charge >= 0.3 is 0 Å². The summed E-state index contributed by atoms with van der Waals surface area (Å²) in [5.74, 6) is 0.114. The summed E-state index contributed by atoms with van der Waals surface area (Å²) >= 11 is 0. The minimum Gasteiger partial charge on any atom is -0.391 e. The molecule has 3 heteroatoms. The minimum atomic E-state index is -0.405. The molecule has 0 fully saturated rings. The molecule has 2 unspecified atom stereocenters. The topological polar surface area (TPSA) is 49.3 Å². The summed E-state index contributed by atoms with van der Waals surface area (Å²) in [5.41, 5.74) is 0. The molecule has 0 aromatic rings. The van der Waals surface area contributed by atoms with Crippen molar-refractivity contribution < 1.29 is 9.90 Å². The van der Waals surface area contributed by atoms with Crippen molar-refractivity contribution in [1.82, 2.24) is 5.32 Å². The van der Waals surface area contributed by atoms with Gasteiger partial charge < -0.3 is 10.4 Å². The van der Waals surface area contributed by atoms with Gasteiger partial charge in [0.05, 0.1) is 6.10 Å². The van der Waals surface area contributed by atoms with Gasteiger partial charge in [-0.15, -0.1) is 0 Å². The van der Waals surface area contributed by atoms with Crippen LogP contribution in [0.5, 0.6) is 0 Å². The van der Waals surface area contributed by atoms with Crippen LogP contribution in [-0.2, 0) is 4.79 Å². The number of rotatable bonds is 6. The number of nitrogens with one attached hydrogen (secondary N) is 1. The van der Waals surface area contributed by atoms with Crippen LogP contribution in [0, 0.1) is 5.92 Å². The van der Waals surface area contributed by atoms with E-state index in [9.17, 15) is 9.90 Å². The van der Waals surface area contributed by atoms with Crippen molar-refractivity contribution in [3.63, 3.8) is 0 Å². The maximum absolute atomic E-state index is 11.3. The number of hydrogen-bond acceptors (Lipinski definition) is 2. The van der Waals surface area contributed by atoms with E-state index in [4.69, 9.17) is 0 Å². The first-order valence-corrected chi connectivity index (χ1v) is 5.07. The lowest BCUT2D eigenvalue weighted by molar-refractivity contribution is -0.125. The van der Waals surface area contributed by atoms with Crippen molar-refractivity contribution in [2.75, 3.05) is 6.54 Å². The van der Waals surface area contributed by atoms with Gasteiger partial charge in [0.25, 0.3) is 0 Å². The van der Waals surface area contributed by atoms with Gasteiger partial charge in [-0.3, -0.25) is 4.79 Å². The Morgan fingerprint density at radius 3 is 2.54 bits per heavy atom. The van der Waals surface area contributed by atoms with Crippen LogP contribution in [0.2, 0.25) is 0 Å². The maximum Gasteiger partial charge on any atom is 0.222 e. The zero-order valence-corrected chi connectivity index (χ0v) is 8.84. The Morgan fingerprint density at radius 1 is 1.46 bits per heavy atom. The van der Waals surface area contributed by atoms with E-state index in [0.717, 1.165) is 12.8 Å². The van der Waals surface area contributed by atoms with Crippen LogP contribution in [-0.4, -0.2) is 23.7 Å². The molecule has 1 amide bonds. The summed E-state index contributed by atoms with van der Waals surface area (Å²) in [6.45, 7) is 6.25. The molecule has 0 aromatic heterocycles. The third-order valence-electron chi connectivity index (χ3n) is 2.15. The Hall–Kier alpha value is -0.570. The van der Waals surface area contributed by atoms with E-state index in [0.29, 0.717) is 13.0 Å². The van der Waals surface area contributed by atoms with Crippen molar-refractivity contribution in [3.8, 4) is 0 Å². The van der Waals surface area contributed by atoms with Gasteiger partial charge in [0.15, 0.2) is 0 Å². The SMILES string of the molecule is CCCC(C)C(=O)NCC(O)CC. The minimum absolute atomic E-state index is 0.0503. The van der Waals surface area contributed by atoms with E-state index >= 15 is 0 Å². The van der Waals surface area contributed by atoms with E-state index in [1.807, 2.05) is 13.8 Å². The molecule has 0 aliphatic rings. The molecular weight excluding hydrogens is 166 g/mol. The molecule has 0 bridgehead atoms. The summed E-state index contributed by atoms with van der Waals surface area (Å²) < 4.78 is 0. The Labute approximate surface area is 80.5 Å². The van der Waals surface area contributed by atoms with Crippen LogP contribution in [0.4, 0.5) is 0 Å². The average Bonchev–Trinajstić information content (AvgIpc) is 2.13.